The van der Waals surface area contributed by atoms with Crippen LogP contribution in [0.5, 0.6) is 0 Å². The van der Waals surface area contributed by atoms with Gasteiger partial charge in [-0.25, -0.2) is 0 Å². The molecule has 0 amide bonds. The van der Waals surface area contributed by atoms with Gasteiger partial charge in [0, 0.05) is 5.92 Å². The Morgan fingerprint density at radius 2 is 1.87 bits per heavy atom. The van der Waals surface area contributed by atoms with Crippen LogP contribution in [0.3, 0.4) is 0 Å². The Morgan fingerprint density at radius 1 is 1.20 bits per heavy atom. The summed E-state index contributed by atoms with van der Waals surface area (Å²) in [5, 5.41) is 0. The number of allylic oxidation sites excluding steroid dienone is 2. The van der Waals surface area contributed by atoms with Gasteiger partial charge in [-0.15, -0.1) is 0 Å². The van der Waals surface area contributed by atoms with E-state index in [0.29, 0.717) is 18.1 Å². The third-order valence-electron chi connectivity index (χ3n) is 3.40. The molecule has 2 rings (SSSR count). The van der Waals surface area contributed by atoms with Crippen LogP contribution in [0.2, 0.25) is 0 Å². The van der Waals surface area contributed by atoms with Crippen molar-refractivity contribution in [2.75, 3.05) is 0 Å². The predicted molar refractivity (Wildman–Crippen MR) is 60.6 cm³/mol. The van der Waals surface area contributed by atoms with Gasteiger partial charge < -0.3 is 9.47 Å². The summed E-state index contributed by atoms with van der Waals surface area (Å²) in [6.45, 7) is 6.51. The second-order valence-electron chi connectivity index (χ2n) is 5.09. The summed E-state index contributed by atoms with van der Waals surface area (Å²) in [4.78, 5) is 0. The highest BCUT2D eigenvalue weighted by atomic mass is 16.7. The first-order valence-electron chi connectivity index (χ1n) is 6.11. The van der Waals surface area contributed by atoms with E-state index in [1.165, 1.54) is 18.4 Å². The van der Waals surface area contributed by atoms with Gasteiger partial charge in [0.1, 0.15) is 0 Å². The molecule has 0 aromatic rings. The Kier molecular flexibility index (Phi) is 3.47. The average molecular weight is 210 g/mol. The van der Waals surface area contributed by atoms with E-state index >= 15 is 0 Å². The molecule has 86 valence electrons. The minimum absolute atomic E-state index is 0.0346. The molecule has 1 unspecified atom stereocenters. The molecule has 15 heavy (non-hydrogen) atoms. The van der Waals surface area contributed by atoms with Crippen molar-refractivity contribution in [3.05, 3.63) is 11.6 Å². The minimum atomic E-state index is 0.0346. The molecule has 1 fully saturated rings. The van der Waals surface area contributed by atoms with Crippen LogP contribution in [-0.2, 0) is 9.47 Å². The van der Waals surface area contributed by atoms with Crippen molar-refractivity contribution in [3.8, 4) is 0 Å². The van der Waals surface area contributed by atoms with Crippen LogP contribution in [0.1, 0.15) is 46.5 Å². The van der Waals surface area contributed by atoms with Crippen LogP contribution < -0.4 is 0 Å². The van der Waals surface area contributed by atoms with E-state index in [0.717, 1.165) is 12.8 Å². The Labute approximate surface area is 92.6 Å². The lowest BCUT2D eigenvalue weighted by molar-refractivity contribution is -0.256. The average Bonchev–Trinajstić information content (AvgIpc) is 2.16. The standard InChI is InChI=1S/C13H22O2/c1-9-5-4-6-12(7-9)13-14-10(2)8-11(3)15-13/h5,10-13H,4,6-8H2,1-3H3/t10-,11-,12?/m1/s1. The van der Waals surface area contributed by atoms with Gasteiger partial charge in [0.25, 0.3) is 0 Å². The zero-order valence-corrected chi connectivity index (χ0v) is 10.0. The van der Waals surface area contributed by atoms with E-state index in [1.807, 2.05) is 0 Å². The van der Waals surface area contributed by atoms with Crippen molar-refractivity contribution in [2.45, 2.75) is 65.0 Å². The highest BCUT2D eigenvalue weighted by Crippen LogP contribution is 2.32. The first-order valence-corrected chi connectivity index (χ1v) is 6.11. The van der Waals surface area contributed by atoms with Crippen molar-refractivity contribution in [1.82, 2.24) is 0 Å². The van der Waals surface area contributed by atoms with E-state index in [-0.39, 0.29) is 6.29 Å². The molecule has 1 aliphatic heterocycles. The summed E-state index contributed by atoms with van der Waals surface area (Å²) in [5.74, 6) is 0.570. The van der Waals surface area contributed by atoms with E-state index in [2.05, 4.69) is 26.8 Å². The molecular formula is C13H22O2. The second kappa shape index (κ2) is 4.67. The molecule has 0 spiro atoms. The maximum Gasteiger partial charge on any atom is 0.161 e. The third-order valence-corrected chi connectivity index (χ3v) is 3.40. The second-order valence-corrected chi connectivity index (χ2v) is 5.09. The summed E-state index contributed by atoms with van der Waals surface area (Å²) in [7, 11) is 0. The molecule has 0 saturated carbocycles. The van der Waals surface area contributed by atoms with E-state index in [9.17, 15) is 0 Å². The summed E-state index contributed by atoms with van der Waals surface area (Å²) in [6.07, 6.45) is 7.64. The molecule has 1 saturated heterocycles. The Balaban J connectivity index is 1.95. The van der Waals surface area contributed by atoms with Crippen molar-refractivity contribution in [3.63, 3.8) is 0 Å². The van der Waals surface area contributed by atoms with Crippen LogP contribution in [0.25, 0.3) is 0 Å². The number of hydrogen-bond acceptors (Lipinski definition) is 2. The van der Waals surface area contributed by atoms with Gasteiger partial charge >= 0.3 is 0 Å². The van der Waals surface area contributed by atoms with Gasteiger partial charge in [0.05, 0.1) is 12.2 Å². The van der Waals surface area contributed by atoms with E-state index in [1.54, 1.807) is 0 Å². The van der Waals surface area contributed by atoms with Gasteiger partial charge in [-0.1, -0.05) is 11.6 Å². The quantitative estimate of drug-likeness (QED) is 0.618. The molecule has 3 atom stereocenters. The third kappa shape index (κ3) is 2.82. The van der Waals surface area contributed by atoms with Crippen molar-refractivity contribution < 1.29 is 9.47 Å². The van der Waals surface area contributed by atoms with E-state index < -0.39 is 0 Å². The molecule has 0 N–H and O–H groups in total. The van der Waals surface area contributed by atoms with Crippen LogP contribution in [-0.4, -0.2) is 18.5 Å². The van der Waals surface area contributed by atoms with Crippen molar-refractivity contribution in [2.24, 2.45) is 5.92 Å². The van der Waals surface area contributed by atoms with Gasteiger partial charge in [-0.3, -0.25) is 0 Å². The number of rotatable bonds is 1. The van der Waals surface area contributed by atoms with Crippen LogP contribution >= 0.6 is 0 Å². The topological polar surface area (TPSA) is 18.5 Å². The maximum atomic E-state index is 5.90. The summed E-state index contributed by atoms with van der Waals surface area (Å²) in [6, 6.07) is 0. The zero-order valence-electron chi connectivity index (χ0n) is 10.0. The monoisotopic (exact) mass is 210 g/mol. The highest BCUT2D eigenvalue weighted by Gasteiger charge is 2.32. The predicted octanol–water partition coefficient (Wildman–Crippen LogP) is 3.27. The van der Waals surface area contributed by atoms with Crippen LogP contribution in [0, 0.1) is 5.92 Å². The lowest BCUT2D eigenvalue weighted by Gasteiger charge is -2.38. The SMILES string of the molecule is CC1=CCCC(C2O[C@H](C)C[C@@H](C)O2)C1. The first kappa shape index (κ1) is 11.2. The molecule has 1 heterocycles. The molecule has 0 aromatic heterocycles. The molecule has 0 radical (unpaired) electrons. The van der Waals surface area contributed by atoms with Gasteiger partial charge in [0.2, 0.25) is 0 Å². The molecule has 2 aliphatic rings. The molecule has 0 aromatic carbocycles. The Morgan fingerprint density at radius 3 is 2.47 bits per heavy atom. The van der Waals surface area contributed by atoms with E-state index in [4.69, 9.17) is 9.47 Å². The van der Waals surface area contributed by atoms with Crippen LogP contribution in [0.4, 0.5) is 0 Å². The zero-order chi connectivity index (χ0) is 10.8. The lowest BCUT2D eigenvalue weighted by atomic mass is 9.88. The maximum absolute atomic E-state index is 5.90. The Bertz CT molecular complexity index is 237. The Hall–Kier alpha value is -0.340. The minimum Gasteiger partial charge on any atom is -0.349 e. The fourth-order valence-corrected chi connectivity index (χ4v) is 2.67. The molecular weight excluding hydrogens is 188 g/mol. The lowest BCUT2D eigenvalue weighted by Crippen LogP contribution is -2.40. The normalized spacial score (nSPS) is 42.5. The fourth-order valence-electron chi connectivity index (χ4n) is 2.67. The van der Waals surface area contributed by atoms with Gasteiger partial charge in [-0.2, -0.15) is 0 Å². The highest BCUT2D eigenvalue weighted by molar-refractivity contribution is 5.04. The molecule has 2 nitrogen and oxygen atoms in total. The fraction of sp³-hybridized carbons (Fsp3) is 0.846. The molecule has 0 bridgehead atoms. The summed E-state index contributed by atoms with van der Waals surface area (Å²) in [5.41, 5.74) is 1.49. The molecule has 1 aliphatic carbocycles. The summed E-state index contributed by atoms with van der Waals surface area (Å²) < 4.78 is 11.8. The van der Waals surface area contributed by atoms with Crippen molar-refractivity contribution in [1.29, 1.82) is 0 Å². The van der Waals surface area contributed by atoms with Crippen LogP contribution in [0.15, 0.2) is 11.6 Å². The van der Waals surface area contributed by atoms with Crippen molar-refractivity contribution >= 4 is 0 Å². The number of ether oxygens (including phenoxy) is 2. The number of hydrogen-bond donors (Lipinski definition) is 0. The van der Waals surface area contributed by atoms with Gasteiger partial charge in [0.15, 0.2) is 6.29 Å². The molecule has 2 heteroatoms. The summed E-state index contributed by atoms with van der Waals surface area (Å²) >= 11 is 0. The largest absolute Gasteiger partial charge is 0.349 e. The first-order chi connectivity index (χ1) is 7.15. The van der Waals surface area contributed by atoms with Gasteiger partial charge in [-0.05, 0) is 46.5 Å². The smallest absolute Gasteiger partial charge is 0.161 e.